The van der Waals surface area contributed by atoms with Crippen molar-refractivity contribution < 1.29 is 13.2 Å². The molecule has 0 radical (unpaired) electrons. The van der Waals surface area contributed by atoms with Gasteiger partial charge in [-0.15, -0.1) is 0 Å². The van der Waals surface area contributed by atoms with E-state index in [9.17, 15) is 13.2 Å². The van der Waals surface area contributed by atoms with Gasteiger partial charge in [0, 0.05) is 24.6 Å². The number of rotatable bonds is 6. The summed E-state index contributed by atoms with van der Waals surface area (Å²) >= 11 is 0. The van der Waals surface area contributed by atoms with Crippen molar-refractivity contribution in [2.45, 2.75) is 31.0 Å². The Morgan fingerprint density at radius 1 is 1.03 bits per heavy atom. The van der Waals surface area contributed by atoms with Gasteiger partial charge in [0.25, 0.3) is 0 Å². The Hall–Kier alpha value is -3.19. The Labute approximate surface area is 170 Å². The molecule has 0 aliphatic rings. The van der Waals surface area contributed by atoms with E-state index in [-0.39, 0.29) is 16.7 Å². The zero-order valence-corrected chi connectivity index (χ0v) is 17.2. The van der Waals surface area contributed by atoms with Crippen LogP contribution in [-0.2, 0) is 22.1 Å². The van der Waals surface area contributed by atoms with Crippen molar-refractivity contribution in [3.05, 3.63) is 89.2 Å². The molecular weight excluding hydrogens is 386 g/mol. The van der Waals surface area contributed by atoms with Gasteiger partial charge in [-0.3, -0.25) is 4.98 Å². The van der Waals surface area contributed by atoms with Gasteiger partial charge in [0.2, 0.25) is 0 Å². The molecule has 0 saturated carbocycles. The lowest BCUT2D eigenvalue weighted by atomic mass is 10.1. The van der Waals surface area contributed by atoms with Crippen LogP contribution in [0, 0.1) is 13.8 Å². The first-order chi connectivity index (χ1) is 13.8. The van der Waals surface area contributed by atoms with Crippen LogP contribution in [0.3, 0.4) is 0 Å². The number of nitrogens with zero attached hydrogens (tertiary/aromatic N) is 1. The van der Waals surface area contributed by atoms with Crippen LogP contribution in [0.5, 0.6) is 0 Å². The molecule has 150 valence electrons. The van der Waals surface area contributed by atoms with Gasteiger partial charge in [-0.05, 0) is 60.9 Å². The molecule has 2 N–H and O–H groups in total. The fraction of sp³-hybridized carbons (Fsp3) is 0.182. The second-order valence-electron chi connectivity index (χ2n) is 6.88. The van der Waals surface area contributed by atoms with Crippen LogP contribution in [0.1, 0.15) is 22.3 Å². The van der Waals surface area contributed by atoms with Crippen molar-refractivity contribution in [2.75, 3.05) is 5.32 Å². The summed E-state index contributed by atoms with van der Waals surface area (Å²) in [5.74, 6) is -0.0580. The van der Waals surface area contributed by atoms with Crippen LogP contribution in [0.15, 0.2) is 71.9 Å². The molecule has 0 atom stereocenters. The Morgan fingerprint density at radius 2 is 1.79 bits per heavy atom. The maximum atomic E-state index is 12.7. The third kappa shape index (κ3) is 5.65. The van der Waals surface area contributed by atoms with Gasteiger partial charge < -0.3 is 10.6 Å². The van der Waals surface area contributed by atoms with E-state index >= 15 is 0 Å². The number of hydrogen-bond donors (Lipinski definition) is 2. The van der Waals surface area contributed by atoms with Crippen molar-refractivity contribution in [2.24, 2.45) is 0 Å². The number of pyridine rings is 1. The minimum Gasteiger partial charge on any atom is -0.334 e. The molecule has 0 unspecified atom stereocenters. The average molecular weight is 410 g/mol. The van der Waals surface area contributed by atoms with Crippen LogP contribution >= 0.6 is 0 Å². The molecule has 0 aliphatic heterocycles. The molecule has 0 spiro atoms. The Bertz CT molecular complexity index is 1100. The fourth-order valence-corrected chi connectivity index (χ4v) is 4.35. The number of aryl methyl sites for hydroxylation is 2. The third-order valence-electron chi connectivity index (χ3n) is 4.49. The number of aromatic nitrogens is 1. The maximum absolute atomic E-state index is 12.7. The van der Waals surface area contributed by atoms with E-state index in [2.05, 4.69) is 15.6 Å². The summed E-state index contributed by atoms with van der Waals surface area (Å²) in [5, 5.41) is 5.42. The number of carbonyl (C=O) groups excluding carboxylic acids is 1. The molecule has 6 nitrogen and oxygen atoms in total. The van der Waals surface area contributed by atoms with Gasteiger partial charge in [-0.2, -0.15) is 0 Å². The summed E-state index contributed by atoms with van der Waals surface area (Å²) < 4.78 is 25.5. The number of amides is 2. The lowest BCUT2D eigenvalue weighted by molar-refractivity contribution is 0.251. The number of anilines is 1. The van der Waals surface area contributed by atoms with Crippen LogP contribution in [-0.4, -0.2) is 19.4 Å². The molecule has 1 aromatic heterocycles. The number of sulfone groups is 1. The van der Waals surface area contributed by atoms with E-state index in [1.54, 1.807) is 30.6 Å². The lowest BCUT2D eigenvalue weighted by Crippen LogP contribution is -2.28. The molecule has 7 heteroatoms. The first-order valence-corrected chi connectivity index (χ1v) is 10.8. The normalized spacial score (nSPS) is 11.1. The van der Waals surface area contributed by atoms with Gasteiger partial charge in [-0.25, -0.2) is 13.2 Å². The van der Waals surface area contributed by atoms with Gasteiger partial charge in [0.1, 0.15) is 0 Å². The Kier molecular flexibility index (Phi) is 6.29. The van der Waals surface area contributed by atoms with E-state index in [0.717, 1.165) is 22.3 Å². The molecule has 3 aromatic rings. The average Bonchev–Trinajstić information content (AvgIpc) is 2.70. The zero-order valence-electron chi connectivity index (χ0n) is 16.3. The zero-order chi connectivity index (χ0) is 20.9. The summed E-state index contributed by atoms with van der Waals surface area (Å²) in [7, 11) is -3.48. The van der Waals surface area contributed by atoms with Crippen molar-refractivity contribution in [3.63, 3.8) is 0 Å². The predicted molar refractivity (Wildman–Crippen MR) is 113 cm³/mol. The number of nitrogens with one attached hydrogen (secondary N) is 2. The van der Waals surface area contributed by atoms with Gasteiger partial charge in [0.15, 0.2) is 9.84 Å². The van der Waals surface area contributed by atoms with Crippen LogP contribution < -0.4 is 10.6 Å². The predicted octanol–water partition coefficient (Wildman–Crippen LogP) is 3.99. The second kappa shape index (κ2) is 8.87. The molecule has 0 aliphatic carbocycles. The molecule has 0 bridgehead atoms. The SMILES string of the molecule is Cc1ccc(CS(=O)(=O)c2ccc(NC(=O)NCc3cccnc3)cc2)c(C)c1. The second-order valence-corrected chi connectivity index (χ2v) is 8.87. The minimum absolute atomic E-state index is 0.0580. The quantitative estimate of drug-likeness (QED) is 0.644. The van der Waals surface area contributed by atoms with Crippen molar-refractivity contribution in [1.29, 1.82) is 0 Å². The fourth-order valence-electron chi connectivity index (χ4n) is 2.90. The van der Waals surface area contributed by atoms with Crippen molar-refractivity contribution >= 4 is 21.6 Å². The summed E-state index contributed by atoms with van der Waals surface area (Å²) in [6, 6.07) is 15.2. The highest BCUT2D eigenvalue weighted by atomic mass is 32.2. The highest BCUT2D eigenvalue weighted by Crippen LogP contribution is 2.21. The molecule has 0 saturated heterocycles. The minimum atomic E-state index is -3.48. The standard InChI is InChI=1S/C22H23N3O3S/c1-16-5-6-19(17(2)12-16)15-29(27,28)21-9-7-20(8-10-21)25-22(26)24-14-18-4-3-11-23-13-18/h3-13H,14-15H2,1-2H3,(H2,24,25,26). The van der Waals surface area contributed by atoms with E-state index in [4.69, 9.17) is 0 Å². The Balaban J connectivity index is 1.62. The summed E-state index contributed by atoms with van der Waals surface area (Å²) in [4.78, 5) is 16.2. The van der Waals surface area contributed by atoms with E-state index in [0.29, 0.717) is 12.2 Å². The summed E-state index contributed by atoms with van der Waals surface area (Å²) in [5.41, 5.74) is 4.24. The molecule has 3 rings (SSSR count). The molecule has 2 aromatic carbocycles. The first kappa shape index (κ1) is 20.5. The number of benzene rings is 2. The molecular formula is C22H23N3O3S. The van der Waals surface area contributed by atoms with Crippen LogP contribution in [0.2, 0.25) is 0 Å². The van der Waals surface area contributed by atoms with Crippen LogP contribution in [0.4, 0.5) is 10.5 Å². The molecule has 0 fully saturated rings. The Morgan fingerprint density at radius 3 is 2.45 bits per heavy atom. The lowest BCUT2D eigenvalue weighted by Gasteiger charge is -2.10. The number of hydrogen-bond acceptors (Lipinski definition) is 4. The van der Waals surface area contributed by atoms with E-state index < -0.39 is 9.84 Å². The third-order valence-corrected chi connectivity index (χ3v) is 6.17. The number of urea groups is 1. The van der Waals surface area contributed by atoms with E-state index in [1.165, 1.54) is 12.1 Å². The highest BCUT2D eigenvalue weighted by Gasteiger charge is 2.17. The largest absolute Gasteiger partial charge is 0.334 e. The van der Waals surface area contributed by atoms with Crippen LogP contribution in [0.25, 0.3) is 0 Å². The van der Waals surface area contributed by atoms with Crippen molar-refractivity contribution in [3.8, 4) is 0 Å². The maximum Gasteiger partial charge on any atom is 0.319 e. The first-order valence-electron chi connectivity index (χ1n) is 9.16. The molecule has 29 heavy (non-hydrogen) atoms. The molecule has 2 amide bonds. The van der Waals surface area contributed by atoms with Crippen molar-refractivity contribution in [1.82, 2.24) is 10.3 Å². The highest BCUT2D eigenvalue weighted by molar-refractivity contribution is 7.90. The van der Waals surface area contributed by atoms with Gasteiger partial charge >= 0.3 is 6.03 Å². The molecule has 1 heterocycles. The number of carbonyl (C=O) groups is 1. The summed E-state index contributed by atoms with van der Waals surface area (Å²) in [6.07, 6.45) is 3.34. The van der Waals surface area contributed by atoms with Gasteiger partial charge in [-0.1, -0.05) is 29.8 Å². The van der Waals surface area contributed by atoms with Gasteiger partial charge in [0.05, 0.1) is 10.6 Å². The monoisotopic (exact) mass is 409 g/mol. The van der Waals surface area contributed by atoms with E-state index in [1.807, 2.05) is 38.1 Å². The smallest absolute Gasteiger partial charge is 0.319 e. The summed E-state index contributed by atoms with van der Waals surface area (Å²) in [6.45, 7) is 4.24. The topological polar surface area (TPSA) is 88.2 Å².